The third kappa shape index (κ3) is 4.82. The number of hydroxylamine groups is 1. The SMILES string of the molecule is Cc1ccccc1OCC(O)CNOC1CCCC1. The molecule has 1 aromatic carbocycles. The predicted molar refractivity (Wildman–Crippen MR) is 74.0 cm³/mol. The monoisotopic (exact) mass is 265 g/mol. The van der Waals surface area contributed by atoms with E-state index in [4.69, 9.17) is 9.57 Å². The molecule has 1 saturated carbocycles. The summed E-state index contributed by atoms with van der Waals surface area (Å²) in [6.07, 6.45) is 4.45. The molecular formula is C15H23NO3. The van der Waals surface area contributed by atoms with Gasteiger partial charge in [0, 0.05) is 0 Å². The number of aryl methyl sites for hydroxylation is 1. The Morgan fingerprint density at radius 2 is 2.05 bits per heavy atom. The highest BCUT2D eigenvalue weighted by atomic mass is 16.7. The number of aliphatic hydroxyl groups excluding tert-OH is 1. The molecule has 1 fully saturated rings. The van der Waals surface area contributed by atoms with Crippen molar-refractivity contribution >= 4 is 0 Å². The van der Waals surface area contributed by atoms with Crippen LogP contribution in [0.15, 0.2) is 24.3 Å². The molecule has 1 unspecified atom stereocenters. The first kappa shape index (κ1) is 14.3. The first-order chi connectivity index (χ1) is 9.25. The minimum Gasteiger partial charge on any atom is -0.491 e. The van der Waals surface area contributed by atoms with E-state index in [0.29, 0.717) is 12.6 Å². The van der Waals surface area contributed by atoms with Gasteiger partial charge in [-0.15, -0.1) is 0 Å². The van der Waals surface area contributed by atoms with Gasteiger partial charge in [0.05, 0.1) is 12.6 Å². The van der Waals surface area contributed by atoms with Crippen molar-refractivity contribution in [1.29, 1.82) is 0 Å². The molecule has 1 aliphatic rings. The van der Waals surface area contributed by atoms with Crippen LogP contribution in [0.2, 0.25) is 0 Å². The van der Waals surface area contributed by atoms with Gasteiger partial charge >= 0.3 is 0 Å². The van der Waals surface area contributed by atoms with E-state index in [0.717, 1.165) is 24.2 Å². The van der Waals surface area contributed by atoms with Crippen LogP contribution >= 0.6 is 0 Å². The van der Waals surface area contributed by atoms with Crippen LogP contribution in [0.25, 0.3) is 0 Å². The van der Waals surface area contributed by atoms with Crippen LogP contribution in [0, 0.1) is 6.92 Å². The number of hydrogen-bond acceptors (Lipinski definition) is 4. The van der Waals surface area contributed by atoms with E-state index in [1.165, 1.54) is 12.8 Å². The predicted octanol–water partition coefficient (Wildman–Crippen LogP) is 2.20. The fourth-order valence-electron chi connectivity index (χ4n) is 2.23. The molecule has 1 aliphatic carbocycles. The normalized spacial score (nSPS) is 17.6. The van der Waals surface area contributed by atoms with Crippen LogP contribution in [0.1, 0.15) is 31.2 Å². The molecule has 1 aromatic rings. The topological polar surface area (TPSA) is 50.7 Å². The Labute approximate surface area is 114 Å². The lowest BCUT2D eigenvalue weighted by molar-refractivity contribution is -0.0417. The third-order valence-electron chi connectivity index (χ3n) is 3.40. The van der Waals surface area contributed by atoms with E-state index in [-0.39, 0.29) is 6.61 Å². The van der Waals surface area contributed by atoms with Crippen LogP contribution in [-0.2, 0) is 4.84 Å². The highest BCUT2D eigenvalue weighted by Gasteiger charge is 2.16. The van der Waals surface area contributed by atoms with Crippen molar-refractivity contribution in [2.24, 2.45) is 0 Å². The highest BCUT2D eigenvalue weighted by Crippen LogP contribution is 2.20. The van der Waals surface area contributed by atoms with Gasteiger partial charge in [0.2, 0.25) is 0 Å². The molecular weight excluding hydrogens is 242 g/mol. The van der Waals surface area contributed by atoms with E-state index >= 15 is 0 Å². The number of para-hydroxylation sites is 1. The van der Waals surface area contributed by atoms with Gasteiger partial charge in [-0.1, -0.05) is 31.0 Å². The lowest BCUT2D eigenvalue weighted by atomic mass is 10.2. The summed E-state index contributed by atoms with van der Waals surface area (Å²) in [6, 6.07) is 7.79. The lowest BCUT2D eigenvalue weighted by Gasteiger charge is -2.16. The lowest BCUT2D eigenvalue weighted by Crippen LogP contribution is -2.33. The largest absolute Gasteiger partial charge is 0.491 e. The van der Waals surface area contributed by atoms with Gasteiger partial charge in [-0.25, -0.2) is 0 Å². The van der Waals surface area contributed by atoms with Gasteiger partial charge in [0.25, 0.3) is 0 Å². The highest BCUT2D eigenvalue weighted by molar-refractivity contribution is 5.31. The van der Waals surface area contributed by atoms with E-state index in [2.05, 4.69) is 5.48 Å². The van der Waals surface area contributed by atoms with Crippen LogP contribution < -0.4 is 10.2 Å². The Morgan fingerprint density at radius 1 is 1.32 bits per heavy atom. The minimum atomic E-state index is -0.569. The molecule has 4 heteroatoms. The smallest absolute Gasteiger partial charge is 0.122 e. The maximum atomic E-state index is 9.81. The van der Waals surface area contributed by atoms with Gasteiger partial charge in [-0.05, 0) is 31.4 Å². The summed E-state index contributed by atoms with van der Waals surface area (Å²) in [7, 11) is 0. The Balaban J connectivity index is 1.61. The van der Waals surface area contributed by atoms with Crippen LogP contribution in [0.3, 0.4) is 0 Å². The zero-order valence-corrected chi connectivity index (χ0v) is 11.5. The van der Waals surface area contributed by atoms with Gasteiger partial charge < -0.3 is 9.84 Å². The molecule has 19 heavy (non-hydrogen) atoms. The van der Waals surface area contributed by atoms with Crippen molar-refractivity contribution in [2.75, 3.05) is 13.2 Å². The molecule has 0 spiro atoms. The second-order valence-corrected chi connectivity index (χ2v) is 5.10. The summed E-state index contributed by atoms with van der Waals surface area (Å²) in [5.41, 5.74) is 3.92. The minimum absolute atomic E-state index is 0.270. The number of benzene rings is 1. The molecule has 1 atom stereocenters. The molecule has 2 N–H and O–H groups in total. The average Bonchev–Trinajstić information content (AvgIpc) is 2.91. The Kier molecular flexibility index (Phi) is 5.63. The second-order valence-electron chi connectivity index (χ2n) is 5.10. The van der Waals surface area contributed by atoms with Crippen molar-refractivity contribution in [3.05, 3.63) is 29.8 Å². The maximum Gasteiger partial charge on any atom is 0.122 e. The molecule has 0 bridgehead atoms. The van der Waals surface area contributed by atoms with Gasteiger partial charge in [0.15, 0.2) is 0 Å². The molecule has 4 nitrogen and oxygen atoms in total. The molecule has 0 radical (unpaired) electrons. The van der Waals surface area contributed by atoms with Crippen molar-refractivity contribution < 1.29 is 14.7 Å². The maximum absolute atomic E-state index is 9.81. The van der Waals surface area contributed by atoms with Crippen LogP contribution in [0.4, 0.5) is 0 Å². The van der Waals surface area contributed by atoms with Crippen LogP contribution in [-0.4, -0.2) is 30.5 Å². The van der Waals surface area contributed by atoms with Crippen molar-refractivity contribution in [1.82, 2.24) is 5.48 Å². The summed E-state index contributed by atoms with van der Waals surface area (Å²) in [5, 5.41) is 9.81. The molecule has 2 rings (SSSR count). The number of nitrogens with one attached hydrogen (secondary N) is 1. The molecule has 0 saturated heterocycles. The number of aliphatic hydroxyl groups is 1. The fourth-order valence-corrected chi connectivity index (χ4v) is 2.23. The molecule has 0 heterocycles. The number of rotatable bonds is 7. The van der Waals surface area contributed by atoms with Crippen LogP contribution in [0.5, 0.6) is 5.75 Å². The van der Waals surface area contributed by atoms with Crippen molar-refractivity contribution in [3.8, 4) is 5.75 Å². The van der Waals surface area contributed by atoms with Gasteiger partial charge in [-0.3, -0.25) is 4.84 Å². The molecule has 0 aromatic heterocycles. The molecule has 0 amide bonds. The van der Waals surface area contributed by atoms with Crippen molar-refractivity contribution in [3.63, 3.8) is 0 Å². The Hall–Kier alpha value is -1.10. The summed E-state index contributed by atoms with van der Waals surface area (Å²) in [4.78, 5) is 5.48. The van der Waals surface area contributed by atoms with Crippen molar-refractivity contribution in [2.45, 2.75) is 44.8 Å². The average molecular weight is 265 g/mol. The fraction of sp³-hybridized carbons (Fsp3) is 0.600. The number of hydrogen-bond donors (Lipinski definition) is 2. The summed E-state index contributed by atoms with van der Waals surface area (Å²) < 4.78 is 5.58. The summed E-state index contributed by atoms with van der Waals surface area (Å²) in [6.45, 7) is 2.65. The summed E-state index contributed by atoms with van der Waals surface area (Å²) >= 11 is 0. The zero-order chi connectivity index (χ0) is 13.5. The van der Waals surface area contributed by atoms with Gasteiger partial charge in [-0.2, -0.15) is 5.48 Å². The molecule has 0 aliphatic heterocycles. The quantitative estimate of drug-likeness (QED) is 0.742. The molecule has 106 valence electrons. The first-order valence-corrected chi connectivity index (χ1v) is 7.00. The first-order valence-electron chi connectivity index (χ1n) is 7.00. The standard InChI is InChI=1S/C15H23NO3/c1-12-6-2-5-9-15(12)18-11-13(17)10-16-19-14-7-3-4-8-14/h2,5-6,9,13-14,16-17H,3-4,7-8,10-11H2,1H3. The van der Waals surface area contributed by atoms with E-state index in [9.17, 15) is 5.11 Å². The number of ether oxygens (including phenoxy) is 1. The van der Waals surface area contributed by atoms with Gasteiger partial charge in [0.1, 0.15) is 18.5 Å². The summed E-state index contributed by atoms with van der Waals surface area (Å²) in [5.74, 6) is 0.818. The third-order valence-corrected chi connectivity index (χ3v) is 3.40. The Bertz CT molecular complexity index is 377. The Morgan fingerprint density at radius 3 is 2.79 bits per heavy atom. The van der Waals surface area contributed by atoms with E-state index in [1.54, 1.807) is 0 Å². The van der Waals surface area contributed by atoms with E-state index < -0.39 is 6.10 Å². The van der Waals surface area contributed by atoms with E-state index in [1.807, 2.05) is 31.2 Å². The second kappa shape index (κ2) is 7.48. The zero-order valence-electron chi connectivity index (χ0n) is 11.5.